The van der Waals surface area contributed by atoms with Crippen LogP contribution in [0.1, 0.15) is 31.4 Å². The maximum atomic E-state index is 11.9. The number of ether oxygens (including phenoxy) is 1. The fraction of sp³-hybridized carbons (Fsp3) is 0.438. The van der Waals surface area contributed by atoms with Crippen molar-refractivity contribution < 1.29 is 14.6 Å². The zero-order valence-electron chi connectivity index (χ0n) is 11.7. The molecule has 0 aromatic heterocycles. The molecule has 1 heterocycles. The molecule has 1 aliphatic heterocycles. The zero-order chi connectivity index (χ0) is 14.4. The van der Waals surface area contributed by atoms with Crippen molar-refractivity contribution in [2.75, 3.05) is 13.2 Å². The second-order valence-electron chi connectivity index (χ2n) is 4.96. The Morgan fingerprint density at radius 1 is 1.40 bits per heavy atom. The fourth-order valence-electron chi connectivity index (χ4n) is 2.54. The Morgan fingerprint density at radius 3 is 2.85 bits per heavy atom. The van der Waals surface area contributed by atoms with Gasteiger partial charge >= 0.3 is 6.09 Å². The van der Waals surface area contributed by atoms with Crippen molar-refractivity contribution in [3.8, 4) is 0 Å². The van der Waals surface area contributed by atoms with Gasteiger partial charge in [0.05, 0.1) is 18.7 Å². The first-order chi connectivity index (χ1) is 9.74. The molecule has 0 spiro atoms. The van der Waals surface area contributed by atoms with Gasteiger partial charge in [0.15, 0.2) is 0 Å². The van der Waals surface area contributed by atoms with Gasteiger partial charge in [0.25, 0.3) is 0 Å². The minimum atomic E-state index is -0.238. The summed E-state index contributed by atoms with van der Waals surface area (Å²) < 4.78 is 5.19. The Balaban J connectivity index is 2.03. The molecule has 0 radical (unpaired) electrons. The topological polar surface area (TPSA) is 49.8 Å². The van der Waals surface area contributed by atoms with Crippen molar-refractivity contribution >= 4 is 6.09 Å². The standard InChI is InChI=1S/C16H21NO3/c1-13(14-8-4-2-5-9-14)17-15(12-20-16(17)19)10-6-3-7-11-18/h2-5,7-9,13,15,18H,6,10-12H2,1H3/b7-3-. The van der Waals surface area contributed by atoms with Crippen LogP contribution in [-0.4, -0.2) is 35.4 Å². The monoisotopic (exact) mass is 275 g/mol. The first-order valence-electron chi connectivity index (χ1n) is 7.00. The van der Waals surface area contributed by atoms with Crippen molar-refractivity contribution in [1.82, 2.24) is 4.90 Å². The lowest BCUT2D eigenvalue weighted by molar-refractivity contribution is 0.146. The number of rotatable bonds is 6. The van der Waals surface area contributed by atoms with E-state index < -0.39 is 0 Å². The maximum Gasteiger partial charge on any atom is 0.410 e. The third kappa shape index (κ3) is 3.39. The number of cyclic esters (lactones) is 1. The number of carbonyl (C=O) groups excluding carboxylic acids is 1. The molecule has 0 bridgehead atoms. The van der Waals surface area contributed by atoms with E-state index in [0.717, 1.165) is 18.4 Å². The largest absolute Gasteiger partial charge is 0.447 e. The number of hydrogen-bond donors (Lipinski definition) is 1. The van der Waals surface area contributed by atoms with Gasteiger partial charge in [0.2, 0.25) is 0 Å². The highest BCUT2D eigenvalue weighted by molar-refractivity contribution is 5.70. The van der Waals surface area contributed by atoms with Crippen LogP contribution in [0.5, 0.6) is 0 Å². The molecular weight excluding hydrogens is 254 g/mol. The Morgan fingerprint density at radius 2 is 2.15 bits per heavy atom. The van der Waals surface area contributed by atoms with Crippen LogP contribution >= 0.6 is 0 Å². The van der Waals surface area contributed by atoms with Gasteiger partial charge in [-0.1, -0.05) is 42.5 Å². The van der Waals surface area contributed by atoms with Gasteiger partial charge in [-0.25, -0.2) is 4.79 Å². The van der Waals surface area contributed by atoms with Crippen molar-refractivity contribution in [2.45, 2.75) is 31.8 Å². The Hall–Kier alpha value is -1.81. The average Bonchev–Trinajstić information content (AvgIpc) is 2.85. The van der Waals surface area contributed by atoms with Crippen LogP contribution < -0.4 is 0 Å². The summed E-state index contributed by atoms with van der Waals surface area (Å²) in [5.41, 5.74) is 1.11. The van der Waals surface area contributed by atoms with Gasteiger partial charge in [0.1, 0.15) is 6.61 Å². The highest BCUT2D eigenvalue weighted by atomic mass is 16.6. The molecule has 1 fully saturated rings. The number of aliphatic hydroxyl groups is 1. The predicted octanol–water partition coefficient (Wildman–Crippen LogP) is 2.90. The fourth-order valence-corrected chi connectivity index (χ4v) is 2.54. The summed E-state index contributed by atoms with van der Waals surface area (Å²) in [6.07, 6.45) is 5.10. The molecule has 1 aromatic rings. The molecule has 108 valence electrons. The van der Waals surface area contributed by atoms with E-state index in [-0.39, 0.29) is 24.8 Å². The van der Waals surface area contributed by atoms with E-state index in [1.165, 1.54) is 0 Å². The normalized spacial score (nSPS) is 20.4. The van der Waals surface area contributed by atoms with Crippen LogP contribution in [0.4, 0.5) is 4.79 Å². The van der Waals surface area contributed by atoms with Gasteiger partial charge in [0, 0.05) is 0 Å². The Labute approximate surface area is 119 Å². The molecule has 2 unspecified atom stereocenters. The van der Waals surface area contributed by atoms with Gasteiger partial charge in [-0.05, 0) is 25.3 Å². The first-order valence-corrected chi connectivity index (χ1v) is 7.00. The zero-order valence-corrected chi connectivity index (χ0v) is 11.7. The highest BCUT2D eigenvalue weighted by Gasteiger charge is 2.36. The summed E-state index contributed by atoms with van der Waals surface area (Å²) in [6, 6.07) is 10.1. The third-order valence-corrected chi connectivity index (χ3v) is 3.64. The second-order valence-corrected chi connectivity index (χ2v) is 4.96. The molecule has 2 atom stereocenters. The Kier molecular flexibility index (Phi) is 5.18. The summed E-state index contributed by atoms with van der Waals surface area (Å²) in [4.78, 5) is 13.8. The predicted molar refractivity (Wildman–Crippen MR) is 77.3 cm³/mol. The van der Waals surface area contributed by atoms with Crippen LogP contribution in [0.2, 0.25) is 0 Å². The van der Waals surface area contributed by atoms with Crippen LogP contribution in [0.25, 0.3) is 0 Å². The molecule has 1 amide bonds. The number of aliphatic hydroxyl groups excluding tert-OH is 1. The van der Waals surface area contributed by atoms with Gasteiger partial charge in [-0.15, -0.1) is 0 Å². The molecule has 2 rings (SSSR count). The number of nitrogens with zero attached hydrogens (tertiary/aromatic N) is 1. The number of benzene rings is 1. The lowest BCUT2D eigenvalue weighted by Crippen LogP contribution is -2.35. The van der Waals surface area contributed by atoms with Crippen molar-refractivity contribution in [3.63, 3.8) is 0 Å². The van der Waals surface area contributed by atoms with E-state index in [9.17, 15) is 4.79 Å². The van der Waals surface area contributed by atoms with Gasteiger partial charge < -0.3 is 9.84 Å². The summed E-state index contributed by atoms with van der Waals surface area (Å²) in [5, 5.41) is 8.71. The van der Waals surface area contributed by atoms with E-state index in [2.05, 4.69) is 0 Å². The highest BCUT2D eigenvalue weighted by Crippen LogP contribution is 2.29. The average molecular weight is 275 g/mol. The second kappa shape index (κ2) is 7.10. The Bertz CT molecular complexity index is 458. The SMILES string of the molecule is CC(c1ccccc1)N1C(=O)OCC1CC/C=C\CO. The molecule has 1 aromatic carbocycles. The number of hydrogen-bond acceptors (Lipinski definition) is 3. The van der Waals surface area contributed by atoms with Crippen LogP contribution in [-0.2, 0) is 4.74 Å². The van der Waals surface area contributed by atoms with Crippen molar-refractivity contribution in [2.24, 2.45) is 0 Å². The van der Waals surface area contributed by atoms with Crippen molar-refractivity contribution in [1.29, 1.82) is 0 Å². The van der Waals surface area contributed by atoms with Gasteiger partial charge in [-0.2, -0.15) is 0 Å². The summed E-state index contributed by atoms with van der Waals surface area (Å²) in [7, 11) is 0. The van der Waals surface area contributed by atoms with Gasteiger partial charge in [-0.3, -0.25) is 4.90 Å². The van der Waals surface area contributed by atoms with Crippen molar-refractivity contribution in [3.05, 3.63) is 48.0 Å². The van der Waals surface area contributed by atoms with E-state index in [4.69, 9.17) is 9.84 Å². The third-order valence-electron chi connectivity index (χ3n) is 3.64. The smallest absolute Gasteiger partial charge is 0.410 e. The van der Waals surface area contributed by atoms with Crippen LogP contribution in [0, 0.1) is 0 Å². The lowest BCUT2D eigenvalue weighted by atomic mass is 10.0. The minimum Gasteiger partial charge on any atom is -0.447 e. The molecule has 4 nitrogen and oxygen atoms in total. The van der Waals surface area contributed by atoms with E-state index >= 15 is 0 Å². The van der Waals surface area contributed by atoms with E-state index in [0.29, 0.717) is 6.61 Å². The quantitative estimate of drug-likeness (QED) is 0.812. The molecule has 0 saturated carbocycles. The molecule has 20 heavy (non-hydrogen) atoms. The molecule has 4 heteroatoms. The van der Waals surface area contributed by atoms with Crippen LogP contribution in [0.3, 0.4) is 0 Å². The van der Waals surface area contributed by atoms with Crippen LogP contribution in [0.15, 0.2) is 42.5 Å². The molecule has 1 N–H and O–H groups in total. The summed E-state index contributed by atoms with van der Waals surface area (Å²) >= 11 is 0. The number of allylic oxidation sites excluding steroid dienone is 1. The molecule has 0 aliphatic carbocycles. The molecular formula is C16H21NO3. The lowest BCUT2D eigenvalue weighted by Gasteiger charge is -2.28. The number of carbonyl (C=O) groups is 1. The minimum absolute atomic E-state index is 0.0121. The first kappa shape index (κ1) is 14.6. The maximum absolute atomic E-state index is 11.9. The molecule has 1 aliphatic rings. The summed E-state index contributed by atoms with van der Waals surface area (Å²) in [5.74, 6) is 0. The number of amides is 1. The van der Waals surface area contributed by atoms with E-state index in [1.807, 2.05) is 48.2 Å². The van der Waals surface area contributed by atoms with E-state index in [1.54, 1.807) is 6.08 Å². The summed E-state index contributed by atoms with van der Waals surface area (Å²) in [6.45, 7) is 2.53. The molecule has 1 saturated heterocycles.